The molecule has 25 heavy (non-hydrogen) atoms. The fourth-order valence-corrected chi connectivity index (χ4v) is 4.35. The number of imide groups is 1. The van der Waals surface area contributed by atoms with Gasteiger partial charge in [-0.05, 0) is 17.7 Å². The summed E-state index contributed by atoms with van der Waals surface area (Å²) in [6.45, 7) is 1.39. The average molecular weight is 362 g/mol. The van der Waals surface area contributed by atoms with Crippen molar-refractivity contribution in [1.82, 2.24) is 9.80 Å². The van der Waals surface area contributed by atoms with Crippen molar-refractivity contribution in [2.45, 2.75) is 18.3 Å². The molecule has 3 amide bonds. The van der Waals surface area contributed by atoms with Crippen LogP contribution in [0.2, 0.25) is 0 Å². The van der Waals surface area contributed by atoms with E-state index >= 15 is 0 Å². The molecule has 1 unspecified atom stereocenters. The van der Waals surface area contributed by atoms with Crippen molar-refractivity contribution in [3.8, 4) is 5.75 Å². The number of benzene rings is 1. The summed E-state index contributed by atoms with van der Waals surface area (Å²) in [6.07, 6.45) is 0.0574. The molecule has 2 aliphatic heterocycles. The maximum atomic E-state index is 12.9. The molecule has 0 N–H and O–H groups in total. The van der Waals surface area contributed by atoms with E-state index in [0.29, 0.717) is 24.4 Å². The molecular formula is C18H22N2O4S. The van der Waals surface area contributed by atoms with Crippen LogP contribution in [0.25, 0.3) is 0 Å². The SMILES string of the molecule is COc1ccc(C2(CC(=O)N3CCSCC3)CC(=O)N(C)C2=O)cc1. The fourth-order valence-electron chi connectivity index (χ4n) is 3.45. The lowest BCUT2D eigenvalue weighted by molar-refractivity contribution is -0.141. The number of carbonyl (C=O) groups is 3. The largest absolute Gasteiger partial charge is 0.497 e. The molecule has 2 fully saturated rings. The Morgan fingerprint density at radius 3 is 2.36 bits per heavy atom. The zero-order valence-electron chi connectivity index (χ0n) is 14.5. The number of methoxy groups -OCH3 is 1. The fraction of sp³-hybridized carbons (Fsp3) is 0.500. The van der Waals surface area contributed by atoms with E-state index < -0.39 is 5.41 Å². The van der Waals surface area contributed by atoms with Crippen LogP contribution in [0.4, 0.5) is 0 Å². The van der Waals surface area contributed by atoms with E-state index in [0.717, 1.165) is 16.4 Å². The van der Waals surface area contributed by atoms with Crippen LogP contribution in [-0.4, -0.2) is 66.3 Å². The van der Waals surface area contributed by atoms with Crippen molar-refractivity contribution in [3.05, 3.63) is 29.8 Å². The Kier molecular flexibility index (Phi) is 5.03. The highest BCUT2D eigenvalue weighted by atomic mass is 32.2. The molecule has 0 aromatic heterocycles. The molecule has 0 saturated carbocycles. The average Bonchev–Trinajstić information content (AvgIpc) is 2.87. The summed E-state index contributed by atoms with van der Waals surface area (Å²) in [5.74, 6) is 1.88. The van der Waals surface area contributed by atoms with E-state index in [1.807, 2.05) is 11.8 Å². The quantitative estimate of drug-likeness (QED) is 0.755. The molecule has 1 aromatic carbocycles. The lowest BCUT2D eigenvalue weighted by atomic mass is 9.75. The summed E-state index contributed by atoms with van der Waals surface area (Å²) < 4.78 is 5.17. The number of hydrogen-bond donors (Lipinski definition) is 0. The summed E-state index contributed by atoms with van der Waals surface area (Å²) in [4.78, 5) is 40.9. The van der Waals surface area contributed by atoms with Crippen molar-refractivity contribution < 1.29 is 19.1 Å². The Bertz CT molecular complexity index is 685. The Hall–Kier alpha value is -2.02. The summed E-state index contributed by atoms with van der Waals surface area (Å²) in [6, 6.07) is 7.08. The summed E-state index contributed by atoms with van der Waals surface area (Å²) in [5, 5.41) is 0. The summed E-state index contributed by atoms with van der Waals surface area (Å²) >= 11 is 1.82. The van der Waals surface area contributed by atoms with Crippen molar-refractivity contribution in [1.29, 1.82) is 0 Å². The Labute approximate surface area is 151 Å². The third kappa shape index (κ3) is 3.25. The van der Waals surface area contributed by atoms with Crippen molar-refractivity contribution >= 4 is 29.5 Å². The summed E-state index contributed by atoms with van der Waals surface area (Å²) in [5.41, 5.74) is -0.421. The van der Waals surface area contributed by atoms with Crippen LogP contribution >= 0.6 is 11.8 Å². The lowest BCUT2D eigenvalue weighted by Crippen LogP contribution is -2.45. The second-order valence-electron chi connectivity index (χ2n) is 6.42. The molecule has 2 heterocycles. The minimum absolute atomic E-state index is 0.0267. The Balaban J connectivity index is 1.93. The smallest absolute Gasteiger partial charge is 0.240 e. The Morgan fingerprint density at radius 2 is 1.84 bits per heavy atom. The molecule has 2 saturated heterocycles. The Morgan fingerprint density at radius 1 is 1.20 bits per heavy atom. The minimum Gasteiger partial charge on any atom is -0.497 e. The van der Waals surface area contributed by atoms with Crippen LogP contribution in [0, 0.1) is 0 Å². The maximum absolute atomic E-state index is 12.9. The van der Waals surface area contributed by atoms with Gasteiger partial charge in [0.1, 0.15) is 5.75 Å². The van der Waals surface area contributed by atoms with E-state index in [1.165, 1.54) is 7.05 Å². The van der Waals surface area contributed by atoms with E-state index in [-0.39, 0.29) is 30.6 Å². The molecule has 3 rings (SSSR count). The molecule has 134 valence electrons. The molecular weight excluding hydrogens is 340 g/mol. The van der Waals surface area contributed by atoms with Gasteiger partial charge in [-0.15, -0.1) is 0 Å². The predicted molar refractivity (Wildman–Crippen MR) is 95.6 cm³/mol. The molecule has 1 aromatic rings. The first kappa shape index (κ1) is 17.8. The zero-order valence-corrected chi connectivity index (χ0v) is 15.3. The van der Waals surface area contributed by atoms with Crippen LogP contribution in [-0.2, 0) is 19.8 Å². The van der Waals surface area contributed by atoms with Gasteiger partial charge in [0.25, 0.3) is 0 Å². The first-order valence-electron chi connectivity index (χ1n) is 8.29. The second kappa shape index (κ2) is 7.07. The number of hydrogen-bond acceptors (Lipinski definition) is 5. The zero-order chi connectivity index (χ0) is 18.0. The van der Waals surface area contributed by atoms with E-state index in [4.69, 9.17) is 4.74 Å². The number of nitrogens with zero attached hydrogens (tertiary/aromatic N) is 2. The highest BCUT2D eigenvalue weighted by molar-refractivity contribution is 7.99. The van der Waals surface area contributed by atoms with Crippen LogP contribution in [0.3, 0.4) is 0 Å². The van der Waals surface area contributed by atoms with Gasteiger partial charge in [-0.3, -0.25) is 19.3 Å². The standard InChI is InChI=1S/C18H22N2O4S/c1-19-15(21)11-18(17(19)23,13-3-5-14(24-2)6-4-13)12-16(22)20-7-9-25-10-8-20/h3-6H,7-12H2,1-2H3. The maximum Gasteiger partial charge on any atom is 0.240 e. The van der Waals surface area contributed by atoms with Crippen molar-refractivity contribution in [2.75, 3.05) is 38.8 Å². The van der Waals surface area contributed by atoms with Crippen LogP contribution < -0.4 is 4.74 Å². The normalized spacial score (nSPS) is 23.9. The van der Waals surface area contributed by atoms with Gasteiger partial charge < -0.3 is 9.64 Å². The minimum atomic E-state index is -1.11. The van der Waals surface area contributed by atoms with Gasteiger partial charge in [-0.2, -0.15) is 11.8 Å². The monoisotopic (exact) mass is 362 g/mol. The van der Waals surface area contributed by atoms with Gasteiger partial charge in [-0.25, -0.2) is 0 Å². The number of amides is 3. The predicted octanol–water partition coefficient (Wildman–Crippen LogP) is 1.29. The third-order valence-corrected chi connectivity index (χ3v) is 5.94. The summed E-state index contributed by atoms with van der Waals surface area (Å²) in [7, 11) is 3.05. The molecule has 0 bridgehead atoms. The van der Waals surface area contributed by atoms with Gasteiger partial charge in [0.2, 0.25) is 17.7 Å². The number of likely N-dealkylation sites (N-methyl/N-ethyl adjacent to an activating group) is 1. The van der Waals surface area contributed by atoms with Gasteiger partial charge in [-0.1, -0.05) is 12.1 Å². The van der Waals surface area contributed by atoms with Gasteiger partial charge in [0, 0.05) is 44.5 Å². The first-order valence-corrected chi connectivity index (χ1v) is 9.44. The van der Waals surface area contributed by atoms with Gasteiger partial charge >= 0.3 is 0 Å². The first-order chi connectivity index (χ1) is 12.0. The second-order valence-corrected chi connectivity index (χ2v) is 7.64. The third-order valence-electron chi connectivity index (χ3n) is 5.00. The van der Waals surface area contributed by atoms with Gasteiger partial charge in [0.15, 0.2) is 0 Å². The van der Waals surface area contributed by atoms with Crippen LogP contribution in [0.5, 0.6) is 5.75 Å². The number of likely N-dealkylation sites (tertiary alicyclic amines) is 1. The number of carbonyl (C=O) groups excluding carboxylic acids is 3. The van der Waals surface area contributed by atoms with Gasteiger partial charge in [0.05, 0.1) is 12.5 Å². The number of ether oxygens (including phenoxy) is 1. The topological polar surface area (TPSA) is 66.9 Å². The van der Waals surface area contributed by atoms with Crippen molar-refractivity contribution in [3.63, 3.8) is 0 Å². The molecule has 1 atom stereocenters. The van der Waals surface area contributed by atoms with E-state index in [9.17, 15) is 14.4 Å². The lowest BCUT2D eigenvalue weighted by Gasteiger charge is -2.32. The van der Waals surface area contributed by atoms with Crippen molar-refractivity contribution in [2.24, 2.45) is 0 Å². The highest BCUT2D eigenvalue weighted by Gasteiger charge is 2.52. The molecule has 7 heteroatoms. The number of thioether (sulfide) groups is 1. The highest BCUT2D eigenvalue weighted by Crippen LogP contribution is 2.40. The molecule has 0 aliphatic carbocycles. The van der Waals surface area contributed by atoms with Crippen LogP contribution in [0.1, 0.15) is 18.4 Å². The molecule has 0 spiro atoms. The number of rotatable bonds is 4. The van der Waals surface area contributed by atoms with E-state index in [1.54, 1.807) is 36.3 Å². The molecule has 0 radical (unpaired) electrons. The van der Waals surface area contributed by atoms with E-state index in [2.05, 4.69) is 0 Å². The molecule has 6 nitrogen and oxygen atoms in total. The molecule has 2 aliphatic rings. The van der Waals surface area contributed by atoms with Crippen LogP contribution in [0.15, 0.2) is 24.3 Å².